The summed E-state index contributed by atoms with van der Waals surface area (Å²) in [7, 11) is -4.22. The molecule has 0 radical (unpaired) electrons. The Hall–Kier alpha value is -2.97. The van der Waals surface area contributed by atoms with Crippen molar-refractivity contribution in [2.24, 2.45) is 0 Å². The number of hydrogen-bond donors (Lipinski definition) is 0. The molecule has 150 valence electrons. The van der Waals surface area contributed by atoms with Gasteiger partial charge in [0.25, 0.3) is 15.7 Å². The Balaban J connectivity index is 2.12. The van der Waals surface area contributed by atoms with Crippen LogP contribution in [-0.2, 0) is 16.6 Å². The van der Waals surface area contributed by atoms with Crippen LogP contribution in [0, 0.1) is 22.9 Å². The van der Waals surface area contributed by atoms with E-state index in [1.165, 1.54) is 30.3 Å². The van der Waals surface area contributed by atoms with Gasteiger partial charge in [-0.2, -0.15) is 0 Å². The van der Waals surface area contributed by atoms with Gasteiger partial charge in [0, 0.05) is 17.2 Å². The van der Waals surface area contributed by atoms with Crippen molar-refractivity contribution >= 4 is 33.0 Å². The van der Waals surface area contributed by atoms with E-state index in [4.69, 9.17) is 11.6 Å². The van der Waals surface area contributed by atoms with E-state index < -0.39 is 20.8 Å². The number of non-ortho nitro benzene ring substituents is 1. The lowest BCUT2D eigenvalue weighted by Crippen LogP contribution is -2.30. The highest BCUT2D eigenvalue weighted by atomic mass is 35.5. The Morgan fingerprint density at radius 1 is 1.07 bits per heavy atom. The first-order valence-corrected chi connectivity index (χ1v) is 10.3. The van der Waals surface area contributed by atoms with Crippen LogP contribution in [0.3, 0.4) is 0 Å². The van der Waals surface area contributed by atoms with Crippen molar-refractivity contribution in [3.8, 4) is 0 Å². The molecule has 29 heavy (non-hydrogen) atoms. The maximum absolute atomic E-state index is 14.2. The Labute approximate surface area is 172 Å². The van der Waals surface area contributed by atoms with Crippen molar-refractivity contribution in [1.82, 2.24) is 0 Å². The molecule has 0 atom stereocenters. The van der Waals surface area contributed by atoms with E-state index in [1.54, 1.807) is 31.2 Å². The van der Waals surface area contributed by atoms with Crippen LogP contribution in [0.5, 0.6) is 0 Å². The fraction of sp³-hybridized carbons (Fsp3) is 0.100. The van der Waals surface area contributed by atoms with Crippen molar-refractivity contribution in [1.29, 1.82) is 0 Å². The molecule has 0 fully saturated rings. The summed E-state index contributed by atoms with van der Waals surface area (Å²) in [5, 5.41) is 11.5. The lowest BCUT2D eigenvalue weighted by Gasteiger charge is -2.25. The van der Waals surface area contributed by atoms with E-state index in [0.717, 1.165) is 16.4 Å². The number of nitro benzene ring substituents is 1. The molecule has 0 aliphatic rings. The summed E-state index contributed by atoms with van der Waals surface area (Å²) >= 11 is 5.89. The van der Waals surface area contributed by atoms with E-state index >= 15 is 0 Å². The topological polar surface area (TPSA) is 80.5 Å². The molecule has 6 nitrogen and oxygen atoms in total. The van der Waals surface area contributed by atoms with Crippen LogP contribution < -0.4 is 4.31 Å². The molecule has 3 aromatic carbocycles. The highest BCUT2D eigenvalue weighted by molar-refractivity contribution is 7.92. The highest BCUT2D eigenvalue weighted by Gasteiger charge is 2.27. The lowest BCUT2D eigenvalue weighted by molar-refractivity contribution is -0.385. The molecule has 3 aromatic rings. The Morgan fingerprint density at radius 3 is 2.38 bits per heavy atom. The number of sulfonamides is 1. The normalized spacial score (nSPS) is 11.3. The van der Waals surface area contributed by atoms with Gasteiger partial charge in [-0.25, -0.2) is 12.8 Å². The van der Waals surface area contributed by atoms with Crippen molar-refractivity contribution in [2.45, 2.75) is 18.4 Å². The number of halogens is 2. The zero-order valence-electron chi connectivity index (χ0n) is 15.2. The molecule has 0 heterocycles. The summed E-state index contributed by atoms with van der Waals surface area (Å²) in [6, 6.07) is 15.4. The van der Waals surface area contributed by atoms with E-state index in [2.05, 4.69) is 0 Å². The molecule has 0 amide bonds. The van der Waals surface area contributed by atoms with E-state index in [0.29, 0.717) is 16.1 Å². The van der Waals surface area contributed by atoms with Crippen LogP contribution in [-0.4, -0.2) is 13.3 Å². The van der Waals surface area contributed by atoms with Crippen molar-refractivity contribution < 1.29 is 17.7 Å². The molecule has 0 aliphatic carbocycles. The molecule has 0 spiro atoms. The number of nitro groups is 1. The number of benzene rings is 3. The quantitative estimate of drug-likeness (QED) is 0.399. The van der Waals surface area contributed by atoms with E-state index in [-0.39, 0.29) is 22.8 Å². The third-order valence-electron chi connectivity index (χ3n) is 4.30. The number of nitrogens with zero attached hydrogens (tertiary/aromatic N) is 2. The molecule has 0 unspecified atom stereocenters. The van der Waals surface area contributed by atoms with Gasteiger partial charge >= 0.3 is 0 Å². The average molecular weight is 435 g/mol. The van der Waals surface area contributed by atoms with Gasteiger partial charge < -0.3 is 0 Å². The van der Waals surface area contributed by atoms with Gasteiger partial charge in [0.15, 0.2) is 0 Å². The van der Waals surface area contributed by atoms with Gasteiger partial charge in [-0.1, -0.05) is 35.9 Å². The maximum atomic E-state index is 14.2. The fourth-order valence-corrected chi connectivity index (χ4v) is 4.30. The second-order valence-corrected chi connectivity index (χ2v) is 8.62. The third-order valence-corrected chi connectivity index (χ3v) is 6.32. The summed E-state index contributed by atoms with van der Waals surface area (Å²) in [5.74, 6) is -0.558. The molecule has 0 saturated carbocycles. The van der Waals surface area contributed by atoms with Gasteiger partial charge in [-0.05, 0) is 48.4 Å². The van der Waals surface area contributed by atoms with Crippen LogP contribution in [0.15, 0.2) is 71.6 Å². The third kappa shape index (κ3) is 4.55. The number of anilines is 1. The van der Waals surface area contributed by atoms with Crippen LogP contribution in [0.4, 0.5) is 15.8 Å². The molecular weight excluding hydrogens is 419 g/mol. The SMILES string of the molecule is Cc1ccc(N(Cc2ccc(Cl)cc2)S(=O)(=O)c2cccc([N+](=O)[O-])c2)cc1F. The second kappa shape index (κ2) is 8.18. The van der Waals surface area contributed by atoms with Crippen molar-refractivity contribution in [2.75, 3.05) is 4.31 Å². The summed E-state index contributed by atoms with van der Waals surface area (Å²) in [5.41, 5.74) is 0.736. The standard InChI is InChI=1S/C20H16ClFN2O4S/c1-14-5-10-17(12-20(14)22)23(13-15-6-8-16(21)9-7-15)29(27,28)19-4-2-3-18(11-19)24(25)26/h2-12H,13H2,1H3. The van der Waals surface area contributed by atoms with E-state index in [9.17, 15) is 22.9 Å². The lowest BCUT2D eigenvalue weighted by atomic mass is 10.2. The molecule has 3 rings (SSSR count). The van der Waals surface area contributed by atoms with Gasteiger partial charge in [-0.3, -0.25) is 14.4 Å². The van der Waals surface area contributed by atoms with Crippen LogP contribution in [0.25, 0.3) is 0 Å². The summed E-state index contributed by atoms with van der Waals surface area (Å²) in [6.07, 6.45) is 0. The van der Waals surface area contributed by atoms with Crippen molar-refractivity contribution in [3.63, 3.8) is 0 Å². The molecular formula is C20H16ClFN2O4S. The number of hydrogen-bond acceptors (Lipinski definition) is 4. The van der Waals surface area contributed by atoms with Crippen LogP contribution in [0.1, 0.15) is 11.1 Å². The van der Waals surface area contributed by atoms with Gasteiger partial charge in [0.05, 0.1) is 22.1 Å². The molecule has 9 heteroatoms. The van der Waals surface area contributed by atoms with Crippen molar-refractivity contribution in [3.05, 3.63) is 98.8 Å². The smallest absolute Gasteiger partial charge is 0.262 e. The Morgan fingerprint density at radius 2 is 1.76 bits per heavy atom. The highest BCUT2D eigenvalue weighted by Crippen LogP contribution is 2.29. The first-order chi connectivity index (χ1) is 13.7. The van der Waals surface area contributed by atoms with Crippen LogP contribution in [0.2, 0.25) is 5.02 Å². The zero-order chi connectivity index (χ0) is 21.2. The molecule has 0 N–H and O–H groups in total. The average Bonchev–Trinajstić information content (AvgIpc) is 2.69. The largest absolute Gasteiger partial charge is 0.270 e. The summed E-state index contributed by atoms with van der Waals surface area (Å²) in [6.45, 7) is 1.46. The monoisotopic (exact) mass is 434 g/mol. The predicted molar refractivity (Wildman–Crippen MR) is 109 cm³/mol. The molecule has 0 aliphatic heterocycles. The summed E-state index contributed by atoms with van der Waals surface area (Å²) in [4.78, 5) is 10.1. The molecule has 0 saturated heterocycles. The van der Waals surface area contributed by atoms with Gasteiger partial charge in [0.1, 0.15) is 5.82 Å². The maximum Gasteiger partial charge on any atom is 0.270 e. The van der Waals surface area contributed by atoms with Crippen LogP contribution >= 0.6 is 11.6 Å². The predicted octanol–water partition coefficient (Wildman–Crippen LogP) is 5.09. The first kappa shape index (κ1) is 20.8. The van der Waals surface area contributed by atoms with Gasteiger partial charge in [0.2, 0.25) is 0 Å². The minimum absolute atomic E-state index is 0.106. The molecule has 0 aromatic heterocycles. The second-order valence-electron chi connectivity index (χ2n) is 6.33. The number of aryl methyl sites for hydroxylation is 1. The van der Waals surface area contributed by atoms with E-state index in [1.807, 2.05) is 0 Å². The fourth-order valence-electron chi connectivity index (χ4n) is 2.69. The minimum Gasteiger partial charge on any atom is -0.262 e. The molecule has 0 bridgehead atoms. The zero-order valence-corrected chi connectivity index (χ0v) is 16.8. The Bertz CT molecular complexity index is 1170. The minimum atomic E-state index is -4.22. The Kier molecular flexibility index (Phi) is 5.86. The number of rotatable bonds is 6. The van der Waals surface area contributed by atoms with Gasteiger partial charge in [-0.15, -0.1) is 0 Å². The summed E-state index contributed by atoms with van der Waals surface area (Å²) < 4.78 is 41.8. The first-order valence-electron chi connectivity index (χ1n) is 8.46.